The molecule has 1 atom stereocenters. The number of hydrogen-bond acceptors (Lipinski definition) is 4. The largest absolute Gasteiger partial charge is 0.357 e. The minimum absolute atomic E-state index is 0.0286. The summed E-state index contributed by atoms with van der Waals surface area (Å²) in [5, 5.41) is 3.77. The number of rotatable bonds is 10. The highest BCUT2D eigenvalue weighted by molar-refractivity contribution is 7.92. The lowest BCUT2D eigenvalue weighted by molar-refractivity contribution is -0.140. The number of sulfonamides is 1. The zero-order valence-electron chi connectivity index (χ0n) is 22.0. The topological polar surface area (TPSA) is 86.8 Å². The lowest BCUT2D eigenvalue weighted by Crippen LogP contribution is -2.51. The molecule has 1 N–H and O–H groups in total. The first-order valence-electron chi connectivity index (χ1n) is 12.2. The second kappa shape index (κ2) is 13.0. The van der Waals surface area contributed by atoms with E-state index in [1.807, 2.05) is 6.92 Å². The highest BCUT2D eigenvalue weighted by Gasteiger charge is 2.34. The average molecular weight is 611 g/mol. The van der Waals surface area contributed by atoms with Gasteiger partial charge in [0.05, 0.1) is 10.6 Å². The first kappa shape index (κ1) is 30.8. The van der Waals surface area contributed by atoms with Crippen LogP contribution in [0.5, 0.6) is 0 Å². The van der Waals surface area contributed by atoms with Gasteiger partial charge in [-0.25, -0.2) is 8.42 Å². The van der Waals surface area contributed by atoms with Gasteiger partial charge >= 0.3 is 0 Å². The summed E-state index contributed by atoms with van der Waals surface area (Å²) in [5.41, 5.74) is 2.32. The first-order valence-corrected chi connectivity index (χ1v) is 14.8. The number of hydrogen-bond donors (Lipinski definition) is 1. The predicted octanol–water partition coefficient (Wildman–Crippen LogP) is 6.01. The van der Waals surface area contributed by atoms with Crippen LogP contribution < -0.4 is 9.62 Å². The fourth-order valence-electron chi connectivity index (χ4n) is 4.17. The summed E-state index contributed by atoms with van der Waals surface area (Å²) in [6.07, 6.45) is 0.293. The van der Waals surface area contributed by atoms with Gasteiger partial charge in [-0.05, 0) is 73.9 Å². The van der Waals surface area contributed by atoms with E-state index in [1.54, 1.807) is 62.4 Å². The Labute approximate surface area is 244 Å². The van der Waals surface area contributed by atoms with Gasteiger partial charge in [0.15, 0.2) is 0 Å². The number of amides is 2. The molecule has 3 rings (SSSR count). The summed E-state index contributed by atoms with van der Waals surface area (Å²) in [7, 11) is -2.70. The lowest BCUT2D eigenvalue weighted by atomic mass is 10.1. The zero-order valence-corrected chi connectivity index (χ0v) is 25.1. The van der Waals surface area contributed by atoms with E-state index < -0.39 is 28.5 Å². The molecule has 0 heterocycles. The number of benzene rings is 3. The summed E-state index contributed by atoms with van der Waals surface area (Å²) < 4.78 is 28.9. The second-order valence-electron chi connectivity index (χ2n) is 9.05. The zero-order chi connectivity index (χ0) is 28.9. The molecule has 0 saturated carbocycles. The Balaban J connectivity index is 2.11. The molecule has 0 bridgehead atoms. The number of nitrogens with zero attached hydrogens (tertiary/aromatic N) is 2. The molecule has 39 heavy (non-hydrogen) atoms. The normalized spacial score (nSPS) is 12.1. The van der Waals surface area contributed by atoms with Crippen molar-refractivity contribution in [3.8, 4) is 0 Å². The summed E-state index contributed by atoms with van der Waals surface area (Å²) in [6, 6.07) is 15.1. The summed E-state index contributed by atoms with van der Waals surface area (Å²) >= 11 is 18.6. The molecular formula is C28H30Cl3N3O4S. The van der Waals surface area contributed by atoms with E-state index in [1.165, 1.54) is 24.1 Å². The maximum atomic E-state index is 14.0. The first-order chi connectivity index (χ1) is 18.4. The smallest absolute Gasteiger partial charge is 0.264 e. The van der Waals surface area contributed by atoms with Gasteiger partial charge in [-0.1, -0.05) is 65.5 Å². The molecular weight excluding hydrogens is 581 g/mol. The van der Waals surface area contributed by atoms with Gasteiger partial charge in [-0.2, -0.15) is 0 Å². The maximum Gasteiger partial charge on any atom is 0.264 e. The maximum absolute atomic E-state index is 14.0. The highest BCUT2D eigenvalue weighted by Crippen LogP contribution is 2.30. The quantitative estimate of drug-likeness (QED) is 0.305. The number of carbonyl (C=O) groups is 2. The van der Waals surface area contributed by atoms with Gasteiger partial charge in [0.1, 0.15) is 12.6 Å². The van der Waals surface area contributed by atoms with Gasteiger partial charge in [0.25, 0.3) is 10.0 Å². The summed E-state index contributed by atoms with van der Waals surface area (Å²) in [5.74, 6) is -0.965. The Bertz CT molecular complexity index is 1460. The van der Waals surface area contributed by atoms with Gasteiger partial charge in [-0.3, -0.25) is 13.9 Å². The average Bonchev–Trinajstić information content (AvgIpc) is 2.88. The van der Waals surface area contributed by atoms with E-state index in [9.17, 15) is 18.0 Å². The third-order valence-electron chi connectivity index (χ3n) is 6.30. The Morgan fingerprint density at radius 1 is 0.923 bits per heavy atom. The third-order valence-corrected chi connectivity index (χ3v) is 8.90. The Morgan fingerprint density at radius 2 is 1.54 bits per heavy atom. The predicted molar refractivity (Wildman–Crippen MR) is 157 cm³/mol. The molecule has 3 aromatic carbocycles. The van der Waals surface area contributed by atoms with Crippen LogP contribution in [0.25, 0.3) is 0 Å². The molecule has 7 nitrogen and oxygen atoms in total. The SMILES string of the molecule is CCC(C(=O)NC)N(Cc1ccc(Cl)cc1Cl)C(=O)CN(c1ccc(Cl)cc1C)S(=O)(=O)c1ccc(C)cc1. The van der Waals surface area contributed by atoms with Crippen LogP contribution in [-0.4, -0.2) is 44.8 Å². The van der Waals surface area contributed by atoms with E-state index in [0.717, 1.165) is 9.87 Å². The Morgan fingerprint density at radius 3 is 2.10 bits per heavy atom. The minimum Gasteiger partial charge on any atom is -0.357 e. The Hall–Kier alpha value is -2.78. The number of halogens is 3. The molecule has 3 aromatic rings. The van der Waals surface area contributed by atoms with Gasteiger partial charge < -0.3 is 10.2 Å². The summed E-state index contributed by atoms with van der Waals surface area (Å²) in [4.78, 5) is 28.2. The Kier molecular flexibility index (Phi) is 10.3. The van der Waals surface area contributed by atoms with E-state index in [0.29, 0.717) is 38.3 Å². The van der Waals surface area contributed by atoms with E-state index in [2.05, 4.69) is 5.32 Å². The van der Waals surface area contributed by atoms with Crippen molar-refractivity contribution < 1.29 is 18.0 Å². The molecule has 0 aliphatic heterocycles. The molecule has 11 heteroatoms. The second-order valence-corrected chi connectivity index (χ2v) is 12.2. The molecule has 208 valence electrons. The highest BCUT2D eigenvalue weighted by atomic mass is 35.5. The van der Waals surface area contributed by atoms with Crippen LogP contribution in [-0.2, 0) is 26.2 Å². The van der Waals surface area contributed by atoms with Gasteiger partial charge in [0.2, 0.25) is 11.8 Å². The molecule has 0 fully saturated rings. The van der Waals surface area contributed by atoms with Crippen LogP contribution in [0.1, 0.15) is 30.0 Å². The number of carbonyl (C=O) groups excluding carboxylic acids is 2. The van der Waals surface area contributed by atoms with Crippen molar-refractivity contribution in [2.24, 2.45) is 0 Å². The van der Waals surface area contributed by atoms with Crippen molar-refractivity contribution in [3.05, 3.63) is 92.4 Å². The van der Waals surface area contributed by atoms with Crippen LogP contribution >= 0.6 is 34.8 Å². The number of nitrogens with one attached hydrogen (secondary N) is 1. The van der Waals surface area contributed by atoms with Crippen LogP contribution in [0.4, 0.5) is 5.69 Å². The molecule has 0 aliphatic carbocycles. The van der Waals surface area contributed by atoms with Crippen molar-refractivity contribution in [1.29, 1.82) is 0 Å². The fourth-order valence-corrected chi connectivity index (χ4v) is 6.34. The van der Waals surface area contributed by atoms with Crippen molar-refractivity contribution >= 4 is 62.3 Å². The van der Waals surface area contributed by atoms with Crippen LogP contribution in [0.15, 0.2) is 65.6 Å². The number of anilines is 1. The summed E-state index contributed by atoms with van der Waals surface area (Å²) in [6.45, 7) is 4.75. The minimum atomic E-state index is -4.18. The van der Waals surface area contributed by atoms with Crippen molar-refractivity contribution in [1.82, 2.24) is 10.2 Å². The van der Waals surface area contributed by atoms with Crippen LogP contribution in [0.2, 0.25) is 15.1 Å². The van der Waals surface area contributed by atoms with Crippen LogP contribution in [0.3, 0.4) is 0 Å². The van der Waals surface area contributed by atoms with Gasteiger partial charge in [0, 0.05) is 28.7 Å². The lowest BCUT2D eigenvalue weighted by Gasteiger charge is -2.33. The standard InChI is InChI=1S/C28H30Cl3N3O4S/c1-5-25(28(36)32-4)33(16-20-8-9-22(30)15-24(20)31)27(35)17-34(26-13-10-21(29)14-19(26)3)39(37,38)23-11-6-18(2)7-12-23/h6-15,25H,5,16-17H2,1-4H3,(H,32,36). The molecule has 0 spiro atoms. The van der Waals surface area contributed by atoms with Gasteiger partial charge in [-0.15, -0.1) is 0 Å². The third kappa shape index (κ3) is 7.25. The van der Waals surface area contributed by atoms with E-state index in [-0.39, 0.29) is 17.3 Å². The molecule has 1 unspecified atom stereocenters. The monoisotopic (exact) mass is 609 g/mol. The molecule has 2 amide bonds. The van der Waals surface area contributed by atoms with Crippen molar-refractivity contribution in [2.45, 2.75) is 44.7 Å². The number of aryl methyl sites for hydroxylation is 2. The molecule has 0 aliphatic rings. The van der Waals surface area contributed by atoms with Crippen LogP contribution in [0, 0.1) is 13.8 Å². The fraction of sp³-hybridized carbons (Fsp3) is 0.286. The van der Waals surface area contributed by atoms with E-state index >= 15 is 0 Å². The van der Waals surface area contributed by atoms with Crippen molar-refractivity contribution in [2.75, 3.05) is 17.9 Å². The molecule has 0 aromatic heterocycles. The van der Waals surface area contributed by atoms with Crippen molar-refractivity contribution in [3.63, 3.8) is 0 Å². The molecule has 0 saturated heterocycles. The number of likely N-dealkylation sites (N-methyl/N-ethyl adjacent to an activating group) is 1. The molecule has 0 radical (unpaired) electrons. The van der Waals surface area contributed by atoms with E-state index in [4.69, 9.17) is 34.8 Å².